The fourth-order valence-electron chi connectivity index (χ4n) is 3.14. The Bertz CT molecular complexity index is 477. The number of nitriles is 1. The molecule has 0 saturated carbocycles. The first-order valence-corrected chi connectivity index (χ1v) is 6.63. The zero-order chi connectivity index (χ0) is 12.5. The van der Waals surface area contributed by atoms with Gasteiger partial charge in [-0.3, -0.25) is 0 Å². The van der Waals surface area contributed by atoms with Gasteiger partial charge in [-0.2, -0.15) is 5.26 Å². The maximum absolute atomic E-state index is 9.29. The lowest BCUT2D eigenvalue weighted by Crippen LogP contribution is -2.40. The van der Waals surface area contributed by atoms with Gasteiger partial charge in [-0.15, -0.1) is 0 Å². The second kappa shape index (κ2) is 4.58. The van der Waals surface area contributed by atoms with E-state index in [-0.39, 0.29) is 0 Å². The van der Waals surface area contributed by atoms with E-state index in [0.29, 0.717) is 12.0 Å². The van der Waals surface area contributed by atoms with Crippen molar-refractivity contribution in [2.75, 3.05) is 24.5 Å². The molecule has 2 saturated heterocycles. The predicted molar refractivity (Wildman–Crippen MR) is 70.4 cm³/mol. The molecule has 4 nitrogen and oxygen atoms in total. The van der Waals surface area contributed by atoms with Gasteiger partial charge in [0.05, 0.1) is 5.56 Å². The highest BCUT2D eigenvalue weighted by molar-refractivity contribution is 5.58. The third-order valence-corrected chi connectivity index (χ3v) is 4.15. The minimum Gasteiger partial charge on any atom is -0.354 e. The molecule has 1 N–H and O–H groups in total. The van der Waals surface area contributed by atoms with Crippen LogP contribution < -0.4 is 10.2 Å². The van der Waals surface area contributed by atoms with Gasteiger partial charge in [0, 0.05) is 25.3 Å². The van der Waals surface area contributed by atoms with Crippen molar-refractivity contribution in [3.05, 3.63) is 23.4 Å². The third kappa shape index (κ3) is 1.85. The molecule has 1 aromatic rings. The SMILES string of the molecule is Cc1ccnc(N2C[C@@H]3CCCN[C@@H]3C2)c1C#N. The number of hydrogen-bond acceptors (Lipinski definition) is 4. The summed E-state index contributed by atoms with van der Waals surface area (Å²) in [4.78, 5) is 6.70. The van der Waals surface area contributed by atoms with Gasteiger partial charge in [0.2, 0.25) is 0 Å². The van der Waals surface area contributed by atoms with Gasteiger partial charge in [-0.1, -0.05) is 0 Å². The van der Waals surface area contributed by atoms with Crippen LogP contribution in [-0.2, 0) is 0 Å². The third-order valence-electron chi connectivity index (χ3n) is 4.15. The van der Waals surface area contributed by atoms with Crippen LogP contribution in [0.5, 0.6) is 0 Å². The van der Waals surface area contributed by atoms with Crippen LogP contribution in [0.1, 0.15) is 24.0 Å². The average Bonchev–Trinajstić information content (AvgIpc) is 2.82. The molecule has 0 aromatic carbocycles. The van der Waals surface area contributed by atoms with E-state index in [0.717, 1.165) is 36.6 Å². The van der Waals surface area contributed by atoms with E-state index in [1.165, 1.54) is 12.8 Å². The molecular weight excluding hydrogens is 224 g/mol. The summed E-state index contributed by atoms with van der Waals surface area (Å²) in [6, 6.07) is 4.78. The first-order chi connectivity index (χ1) is 8.79. The Morgan fingerprint density at radius 3 is 3.17 bits per heavy atom. The van der Waals surface area contributed by atoms with Gasteiger partial charge in [0.1, 0.15) is 11.9 Å². The zero-order valence-electron chi connectivity index (χ0n) is 10.7. The number of pyridine rings is 1. The van der Waals surface area contributed by atoms with Gasteiger partial charge < -0.3 is 10.2 Å². The second-order valence-electron chi connectivity index (χ2n) is 5.31. The molecule has 2 aliphatic rings. The van der Waals surface area contributed by atoms with Crippen LogP contribution in [0.25, 0.3) is 0 Å². The summed E-state index contributed by atoms with van der Waals surface area (Å²) in [5, 5.41) is 12.9. The van der Waals surface area contributed by atoms with Crippen LogP contribution in [0.15, 0.2) is 12.3 Å². The average molecular weight is 242 g/mol. The fourth-order valence-corrected chi connectivity index (χ4v) is 3.14. The molecule has 18 heavy (non-hydrogen) atoms. The van der Waals surface area contributed by atoms with Crippen molar-refractivity contribution in [1.82, 2.24) is 10.3 Å². The summed E-state index contributed by atoms with van der Waals surface area (Å²) < 4.78 is 0. The van der Waals surface area contributed by atoms with Crippen LogP contribution >= 0.6 is 0 Å². The normalized spacial score (nSPS) is 26.8. The van der Waals surface area contributed by atoms with E-state index < -0.39 is 0 Å². The number of nitrogens with one attached hydrogen (secondary N) is 1. The Kier molecular flexibility index (Phi) is 2.92. The Morgan fingerprint density at radius 2 is 2.39 bits per heavy atom. The minimum atomic E-state index is 0.576. The number of hydrogen-bond donors (Lipinski definition) is 1. The number of fused-ring (bicyclic) bond motifs is 1. The van der Waals surface area contributed by atoms with Gasteiger partial charge in [-0.25, -0.2) is 4.98 Å². The highest BCUT2D eigenvalue weighted by Crippen LogP contribution is 2.30. The van der Waals surface area contributed by atoms with Gasteiger partial charge in [0.15, 0.2) is 0 Å². The lowest BCUT2D eigenvalue weighted by Gasteiger charge is -2.24. The predicted octanol–water partition coefficient (Wildman–Crippen LogP) is 1.45. The summed E-state index contributed by atoms with van der Waals surface area (Å²) in [7, 11) is 0. The molecule has 4 heteroatoms. The van der Waals surface area contributed by atoms with Crippen molar-refractivity contribution in [1.29, 1.82) is 5.26 Å². The molecule has 0 bridgehead atoms. The van der Waals surface area contributed by atoms with Crippen LogP contribution in [-0.4, -0.2) is 30.7 Å². The highest BCUT2D eigenvalue weighted by Gasteiger charge is 2.35. The minimum absolute atomic E-state index is 0.576. The molecule has 2 atom stereocenters. The van der Waals surface area contributed by atoms with Crippen molar-refractivity contribution < 1.29 is 0 Å². The smallest absolute Gasteiger partial charge is 0.146 e. The van der Waals surface area contributed by atoms with E-state index in [4.69, 9.17) is 0 Å². The lowest BCUT2D eigenvalue weighted by atomic mass is 9.94. The molecule has 2 fully saturated rings. The van der Waals surface area contributed by atoms with Crippen molar-refractivity contribution >= 4 is 5.82 Å². The molecule has 3 rings (SSSR count). The summed E-state index contributed by atoms with van der Waals surface area (Å²) in [6.45, 7) is 5.12. The zero-order valence-corrected chi connectivity index (χ0v) is 10.7. The molecule has 0 aliphatic carbocycles. The molecular formula is C14H18N4. The molecule has 0 amide bonds. The van der Waals surface area contributed by atoms with Crippen molar-refractivity contribution in [3.8, 4) is 6.07 Å². The number of anilines is 1. The summed E-state index contributed by atoms with van der Waals surface area (Å²) >= 11 is 0. The van der Waals surface area contributed by atoms with E-state index >= 15 is 0 Å². The maximum atomic E-state index is 9.29. The number of nitrogens with zero attached hydrogens (tertiary/aromatic N) is 3. The first-order valence-electron chi connectivity index (χ1n) is 6.63. The molecule has 0 radical (unpaired) electrons. The monoisotopic (exact) mass is 242 g/mol. The summed E-state index contributed by atoms with van der Waals surface area (Å²) in [6.07, 6.45) is 4.37. The number of piperidine rings is 1. The lowest BCUT2D eigenvalue weighted by molar-refractivity contribution is 0.340. The van der Waals surface area contributed by atoms with Crippen LogP contribution in [0.2, 0.25) is 0 Å². The molecule has 0 spiro atoms. The molecule has 2 aliphatic heterocycles. The Morgan fingerprint density at radius 1 is 1.50 bits per heavy atom. The summed E-state index contributed by atoms with van der Waals surface area (Å²) in [5.41, 5.74) is 1.75. The number of rotatable bonds is 1. The molecule has 94 valence electrons. The van der Waals surface area contributed by atoms with Crippen molar-refractivity contribution in [2.24, 2.45) is 5.92 Å². The quantitative estimate of drug-likeness (QED) is 0.810. The Balaban J connectivity index is 1.88. The Hall–Kier alpha value is -1.60. The summed E-state index contributed by atoms with van der Waals surface area (Å²) in [5.74, 6) is 1.58. The highest BCUT2D eigenvalue weighted by atomic mass is 15.2. The molecule has 3 heterocycles. The van der Waals surface area contributed by atoms with Crippen LogP contribution in [0, 0.1) is 24.2 Å². The van der Waals surface area contributed by atoms with Gasteiger partial charge in [0.25, 0.3) is 0 Å². The van der Waals surface area contributed by atoms with E-state index in [9.17, 15) is 5.26 Å². The van der Waals surface area contributed by atoms with E-state index in [2.05, 4.69) is 21.3 Å². The van der Waals surface area contributed by atoms with E-state index in [1.54, 1.807) is 6.20 Å². The van der Waals surface area contributed by atoms with Crippen LogP contribution in [0.4, 0.5) is 5.82 Å². The standard InChI is InChI=1S/C14H18N4/c1-10-4-6-17-14(12(10)7-15)18-8-11-3-2-5-16-13(11)9-18/h4,6,11,13,16H,2-3,5,8-9H2,1H3/t11-,13+/m0/s1. The number of aryl methyl sites for hydroxylation is 1. The second-order valence-corrected chi connectivity index (χ2v) is 5.31. The first kappa shape index (κ1) is 11.5. The van der Waals surface area contributed by atoms with Gasteiger partial charge >= 0.3 is 0 Å². The van der Waals surface area contributed by atoms with Crippen molar-refractivity contribution in [3.63, 3.8) is 0 Å². The molecule has 1 aromatic heterocycles. The topological polar surface area (TPSA) is 52.0 Å². The molecule has 0 unspecified atom stereocenters. The fraction of sp³-hybridized carbons (Fsp3) is 0.571. The van der Waals surface area contributed by atoms with E-state index in [1.807, 2.05) is 13.0 Å². The maximum Gasteiger partial charge on any atom is 0.146 e. The largest absolute Gasteiger partial charge is 0.354 e. The Labute approximate surface area is 108 Å². The van der Waals surface area contributed by atoms with Crippen LogP contribution in [0.3, 0.4) is 0 Å². The van der Waals surface area contributed by atoms with Crippen molar-refractivity contribution in [2.45, 2.75) is 25.8 Å². The number of aromatic nitrogens is 1. The van der Waals surface area contributed by atoms with Gasteiger partial charge in [-0.05, 0) is 43.9 Å².